The van der Waals surface area contributed by atoms with E-state index < -0.39 is 6.10 Å². The van der Waals surface area contributed by atoms with Gasteiger partial charge in [-0.1, -0.05) is 23.5 Å². The first-order valence-corrected chi connectivity index (χ1v) is 17.5. The van der Waals surface area contributed by atoms with E-state index in [0.717, 1.165) is 58.6 Å². The maximum absolute atomic E-state index is 14.6. The van der Waals surface area contributed by atoms with Gasteiger partial charge in [0.2, 0.25) is 0 Å². The van der Waals surface area contributed by atoms with Crippen LogP contribution in [0.1, 0.15) is 46.0 Å². The van der Waals surface area contributed by atoms with Crippen LogP contribution in [-0.2, 0) is 17.7 Å². The zero-order chi connectivity index (χ0) is 32.5. The number of rotatable bonds is 9. The number of carbonyl (C=O) groups excluding carboxylic acids is 1. The number of carbonyl (C=O) groups is 1. The molecule has 0 unspecified atom stereocenters. The van der Waals surface area contributed by atoms with Crippen LogP contribution in [0, 0.1) is 5.82 Å². The molecule has 4 heterocycles. The Balaban J connectivity index is 0.905. The van der Waals surface area contributed by atoms with Gasteiger partial charge in [0.25, 0.3) is 5.91 Å². The lowest BCUT2D eigenvalue weighted by molar-refractivity contribution is -0.127. The van der Waals surface area contributed by atoms with Crippen molar-refractivity contribution in [2.24, 2.45) is 0 Å². The number of ether oxygens (including phenoxy) is 1. The number of H-pyrrole nitrogens is 1. The van der Waals surface area contributed by atoms with Crippen LogP contribution in [0.5, 0.6) is 5.75 Å². The predicted molar refractivity (Wildman–Crippen MR) is 181 cm³/mol. The molecule has 0 saturated carbocycles. The zero-order valence-electron chi connectivity index (χ0n) is 25.7. The highest BCUT2D eigenvalue weighted by Gasteiger charge is 2.41. The van der Waals surface area contributed by atoms with Gasteiger partial charge in [0, 0.05) is 43.9 Å². The van der Waals surface area contributed by atoms with Crippen molar-refractivity contribution < 1.29 is 24.1 Å². The third kappa shape index (κ3) is 6.96. The number of likely N-dealkylation sites (tertiary alicyclic amines) is 1. The number of aliphatic hydroxyl groups excluding tert-OH is 1. The van der Waals surface area contributed by atoms with Crippen LogP contribution in [0.25, 0.3) is 20.4 Å². The van der Waals surface area contributed by atoms with Gasteiger partial charge >= 0.3 is 4.87 Å². The number of aliphatic hydroxyl groups is 1. The maximum atomic E-state index is 14.6. The summed E-state index contributed by atoms with van der Waals surface area (Å²) < 4.78 is 22.5. The van der Waals surface area contributed by atoms with E-state index in [9.17, 15) is 24.2 Å². The molecule has 1 amide bonds. The van der Waals surface area contributed by atoms with Gasteiger partial charge in [-0.25, -0.2) is 9.37 Å². The van der Waals surface area contributed by atoms with Crippen molar-refractivity contribution in [3.05, 3.63) is 91.8 Å². The first-order valence-electron chi connectivity index (χ1n) is 15.8. The molecule has 2 fully saturated rings. The number of morpholine rings is 1. The van der Waals surface area contributed by atoms with Crippen molar-refractivity contribution in [3.8, 4) is 5.75 Å². The molecule has 5 aromatic rings. The number of aromatic hydroxyl groups is 1. The number of halogens is 1. The van der Waals surface area contributed by atoms with Crippen LogP contribution in [0.15, 0.2) is 58.8 Å². The molecule has 2 aromatic heterocycles. The topological polar surface area (TPSA) is 131 Å². The fourth-order valence-corrected chi connectivity index (χ4v) is 8.34. The first kappa shape index (κ1) is 31.9. The highest BCUT2D eigenvalue weighted by Crippen LogP contribution is 2.33. The lowest BCUT2D eigenvalue weighted by atomic mass is 9.88. The number of thiazole rings is 2. The van der Waals surface area contributed by atoms with Gasteiger partial charge in [-0.3, -0.25) is 14.5 Å². The second-order valence-electron chi connectivity index (χ2n) is 12.4. The smallest absolute Gasteiger partial charge is 0.305 e. The Morgan fingerprint density at radius 2 is 1.96 bits per heavy atom. The average molecular weight is 678 g/mol. The number of fused-ring (bicyclic) bond motifs is 2. The van der Waals surface area contributed by atoms with Crippen LogP contribution in [-0.4, -0.2) is 87.4 Å². The Kier molecular flexibility index (Phi) is 9.09. The lowest BCUT2D eigenvalue weighted by Crippen LogP contribution is -2.57. The molecule has 1 spiro atoms. The van der Waals surface area contributed by atoms with Crippen molar-refractivity contribution in [3.63, 3.8) is 0 Å². The number of nitrogens with zero attached hydrogens (tertiary/aromatic N) is 3. The summed E-state index contributed by atoms with van der Waals surface area (Å²) >= 11 is 2.49. The number of piperidine rings is 1. The van der Waals surface area contributed by atoms with Gasteiger partial charge in [-0.2, -0.15) is 0 Å². The number of aromatic nitrogens is 2. The normalized spacial score (nSPS) is 17.5. The van der Waals surface area contributed by atoms with E-state index in [1.54, 1.807) is 23.7 Å². The monoisotopic (exact) mass is 677 g/mol. The molecule has 10 nitrogen and oxygen atoms in total. The van der Waals surface area contributed by atoms with E-state index in [0.29, 0.717) is 60.6 Å². The molecule has 2 aliphatic heterocycles. The summed E-state index contributed by atoms with van der Waals surface area (Å²) in [7, 11) is 0. The van der Waals surface area contributed by atoms with Crippen LogP contribution in [0.4, 0.5) is 4.39 Å². The second kappa shape index (κ2) is 13.4. The summed E-state index contributed by atoms with van der Waals surface area (Å²) in [5, 5.41) is 24.0. The summed E-state index contributed by atoms with van der Waals surface area (Å²) in [6.45, 7) is 4.63. The number of benzene rings is 3. The molecule has 3 aromatic carbocycles. The SMILES string of the molecule is O=C(c1ccc2ncsc2c1)N1CCOC2(CCN(Cc3cc(F)cc(CCNC[C@H](O)c4ccc(O)c5[nH]c(=O)sc45)c3)CC2)C1. The predicted octanol–water partition coefficient (Wildman–Crippen LogP) is 4.42. The summed E-state index contributed by atoms with van der Waals surface area (Å²) in [5.41, 5.74) is 5.68. The van der Waals surface area contributed by atoms with Gasteiger partial charge in [0.15, 0.2) is 0 Å². The largest absolute Gasteiger partial charge is 0.506 e. The average Bonchev–Trinajstić information content (AvgIpc) is 3.70. The molecule has 4 N–H and O–H groups in total. The Bertz CT molecular complexity index is 1970. The summed E-state index contributed by atoms with van der Waals surface area (Å²) in [6.07, 6.45) is 1.30. The number of nitrogens with one attached hydrogen (secondary N) is 2. The molecule has 2 saturated heterocycles. The van der Waals surface area contributed by atoms with Crippen molar-refractivity contribution in [2.75, 3.05) is 45.9 Å². The fraction of sp³-hybridized carbons (Fsp3) is 0.382. The van der Waals surface area contributed by atoms with Gasteiger partial charge in [-0.05, 0) is 73.3 Å². The molecule has 7 rings (SSSR count). The Morgan fingerprint density at radius 1 is 1.13 bits per heavy atom. The third-order valence-corrected chi connectivity index (χ3v) is 10.9. The molecule has 47 heavy (non-hydrogen) atoms. The first-order chi connectivity index (χ1) is 22.7. The van der Waals surface area contributed by atoms with Crippen molar-refractivity contribution in [1.82, 2.24) is 25.1 Å². The minimum absolute atomic E-state index is 0.0262. The van der Waals surface area contributed by atoms with Crippen LogP contribution in [0.3, 0.4) is 0 Å². The van der Waals surface area contributed by atoms with Crippen molar-refractivity contribution in [2.45, 2.75) is 37.5 Å². The Labute approximate surface area is 278 Å². The van der Waals surface area contributed by atoms with Gasteiger partial charge in [0.05, 0.1) is 45.3 Å². The lowest BCUT2D eigenvalue weighted by Gasteiger charge is -2.47. The molecule has 246 valence electrons. The van der Waals surface area contributed by atoms with E-state index >= 15 is 0 Å². The Hall–Kier alpha value is -3.72. The molecule has 0 aliphatic carbocycles. The van der Waals surface area contributed by atoms with Gasteiger partial charge in [-0.15, -0.1) is 11.3 Å². The maximum Gasteiger partial charge on any atom is 0.305 e. The summed E-state index contributed by atoms with van der Waals surface area (Å²) in [4.78, 5) is 36.0. The highest BCUT2D eigenvalue weighted by atomic mass is 32.1. The summed E-state index contributed by atoms with van der Waals surface area (Å²) in [5.74, 6) is -0.282. The number of aromatic amines is 1. The van der Waals surface area contributed by atoms with Crippen LogP contribution >= 0.6 is 22.7 Å². The highest BCUT2D eigenvalue weighted by molar-refractivity contribution is 7.17. The molecular formula is C34H36FN5O5S2. The number of hydrogen-bond donors (Lipinski definition) is 4. The van der Waals surface area contributed by atoms with E-state index in [1.807, 2.05) is 29.2 Å². The minimum atomic E-state index is -0.874. The molecule has 13 heteroatoms. The number of phenolic OH excluding ortho intramolecular Hbond substituents is 1. The minimum Gasteiger partial charge on any atom is -0.506 e. The molecule has 2 aliphatic rings. The summed E-state index contributed by atoms with van der Waals surface area (Å²) in [6, 6.07) is 13.9. The zero-order valence-corrected chi connectivity index (χ0v) is 27.3. The van der Waals surface area contributed by atoms with E-state index in [2.05, 4.69) is 20.2 Å². The van der Waals surface area contributed by atoms with Crippen molar-refractivity contribution >= 4 is 49.0 Å². The van der Waals surface area contributed by atoms with E-state index in [1.165, 1.54) is 17.4 Å². The molecule has 0 bridgehead atoms. The Morgan fingerprint density at radius 3 is 2.81 bits per heavy atom. The molecule has 1 atom stereocenters. The number of hydrogen-bond acceptors (Lipinski definition) is 10. The van der Waals surface area contributed by atoms with Crippen LogP contribution < -0.4 is 10.2 Å². The van der Waals surface area contributed by atoms with Crippen LogP contribution in [0.2, 0.25) is 0 Å². The third-order valence-electron chi connectivity index (χ3n) is 9.18. The molecule has 0 radical (unpaired) electrons. The quantitative estimate of drug-likeness (QED) is 0.169. The molecular weight excluding hydrogens is 642 g/mol. The second-order valence-corrected chi connectivity index (χ2v) is 14.3. The number of amides is 1. The number of phenols is 1. The van der Waals surface area contributed by atoms with Gasteiger partial charge < -0.3 is 30.2 Å². The van der Waals surface area contributed by atoms with Crippen molar-refractivity contribution in [1.29, 1.82) is 0 Å². The van der Waals surface area contributed by atoms with Gasteiger partial charge in [0.1, 0.15) is 17.1 Å². The fourth-order valence-electron chi connectivity index (χ4n) is 6.70. The van der Waals surface area contributed by atoms with E-state index in [4.69, 9.17) is 4.74 Å². The standard InChI is InChI=1S/C34H36FN5O5S2/c35-24-14-21(5-8-36-17-28(42)25-2-4-27(41)30-31(25)47-33(44)38-30)13-22(15-24)18-39-9-6-34(7-10-39)19-40(11-12-45-34)32(43)23-1-3-26-29(16-23)46-20-37-26/h1-4,13-16,20,28,36,41-42H,5-12,17-19H2,(H,38,44)/t28-/m0/s1. The van der Waals surface area contributed by atoms with E-state index in [-0.39, 0.29) is 34.5 Å².